The number of fused-ring (bicyclic) bond motifs is 1. The van der Waals surface area contributed by atoms with Crippen LogP contribution in [0.5, 0.6) is 0 Å². The highest BCUT2D eigenvalue weighted by molar-refractivity contribution is 9.10. The highest BCUT2D eigenvalue weighted by Gasteiger charge is 2.09. The molecule has 2 heterocycles. The van der Waals surface area contributed by atoms with Gasteiger partial charge in [-0.2, -0.15) is 0 Å². The number of pyridine rings is 2. The summed E-state index contributed by atoms with van der Waals surface area (Å²) < 4.78 is 1.50. The average Bonchev–Trinajstić information content (AvgIpc) is 2.23. The lowest BCUT2D eigenvalue weighted by atomic mass is 10.1. The first kappa shape index (κ1) is 10.7. The summed E-state index contributed by atoms with van der Waals surface area (Å²) in [6, 6.07) is 1.57. The second-order valence-electron chi connectivity index (χ2n) is 3.14. The molecule has 2 rings (SSSR count). The highest BCUT2D eigenvalue weighted by Crippen LogP contribution is 2.22. The SMILES string of the molecule is [B]n1c(=O)c(Br)c(C)c2cnc(Cl)cc21. The molecule has 74 valence electrons. The molecule has 2 aromatic heterocycles. The first-order valence-corrected chi connectivity index (χ1v) is 5.31. The Hall–Kier alpha value is -0.805. The molecule has 0 aliphatic heterocycles. The standard InChI is InChI=1S/C9H5BBrClN2O/c1-4-5-3-13-7(12)2-6(5)14(10)9(15)8(4)11/h2-3H,1H3. The minimum Gasteiger partial charge on any atom is -0.364 e. The van der Waals surface area contributed by atoms with Crippen LogP contribution in [0.1, 0.15) is 5.56 Å². The van der Waals surface area contributed by atoms with Crippen molar-refractivity contribution in [2.45, 2.75) is 6.92 Å². The van der Waals surface area contributed by atoms with Crippen LogP contribution in [0, 0.1) is 6.92 Å². The molecular weight excluding hydrogens is 278 g/mol. The summed E-state index contributed by atoms with van der Waals surface area (Å²) in [5.41, 5.74) is 1.09. The van der Waals surface area contributed by atoms with Gasteiger partial charge in [0, 0.05) is 17.1 Å². The van der Waals surface area contributed by atoms with Crippen molar-refractivity contribution in [1.82, 2.24) is 9.46 Å². The Labute approximate surface area is 101 Å². The lowest BCUT2D eigenvalue weighted by Crippen LogP contribution is -2.20. The Bertz CT molecular complexity index is 611. The van der Waals surface area contributed by atoms with Gasteiger partial charge in [-0.25, -0.2) is 4.98 Å². The number of aromatic nitrogens is 2. The maximum Gasteiger partial charge on any atom is 0.252 e. The molecule has 0 fully saturated rings. The molecule has 0 aliphatic rings. The Kier molecular flexibility index (Phi) is 2.60. The van der Waals surface area contributed by atoms with Crippen LogP contribution in [0.2, 0.25) is 5.15 Å². The molecule has 0 spiro atoms. The predicted octanol–water partition coefficient (Wildman–Crippen LogP) is 2.05. The van der Waals surface area contributed by atoms with E-state index in [4.69, 9.17) is 19.6 Å². The van der Waals surface area contributed by atoms with Gasteiger partial charge in [-0.3, -0.25) is 4.79 Å². The van der Waals surface area contributed by atoms with Crippen LogP contribution in [-0.2, 0) is 0 Å². The van der Waals surface area contributed by atoms with E-state index in [9.17, 15) is 4.79 Å². The Balaban J connectivity index is 3.07. The van der Waals surface area contributed by atoms with E-state index in [-0.39, 0.29) is 5.56 Å². The van der Waals surface area contributed by atoms with Gasteiger partial charge in [0.25, 0.3) is 5.56 Å². The van der Waals surface area contributed by atoms with E-state index in [2.05, 4.69) is 20.9 Å². The summed E-state index contributed by atoms with van der Waals surface area (Å²) >= 11 is 8.94. The predicted molar refractivity (Wildman–Crippen MR) is 64.6 cm³/mol. The molecule has 0 aliphatic carbocycles. The lowest BCUT2D eigenvalue weighted by Gasteiger charge is -2.09. The van der Waals surface area contributed by atoms with Crippen LogP contribution in [0.25, 0.3) is 10.9 Å². The average molecular weight is 283 g/mol. The highest BCUT2D eigenvalue weighted by atomic mass is 79.9. The molecule has 6 heteroatoms. The van der Waals surface area contributed by atoms with Gasteiger partial charge in [0.2, 0.25) is 7.98 Å². The van der Waals surface area contributed by atoms with Gasteiger partial charge in [0.1, 0.15) is 5.15 Å². The van der Waals surface area contributed by atoms with E-state index in [0.29, 0.717) is 15.1 Å². The number of nitrogens with zero attached hydrogens (tertiary/aromatic N) is 2. The molecule has 2 aromatic rings. The Morgan fingerprint density at radius 2 is 2.27 bits per heavy atom. The topological polar surface area (TPSA) is 34.9 Å². The zero-order valence-electron chi connectivity index (χ0n) is 7.79. The maximum absolute atomic E-state index is 11.6. The summed E-state index contributed by atoms with van der Waals surface area (Å²) in [5, 5.41) is 1.11. The molecule has 15 heavy (non-hydrogen) atoms. The molecule has 0 aromatic carbocycles. The summed E-state index contributed by atoms with van der Waals surface area (Å²) in [6.07, 6.45) is 1.60. The van der Waals surface area contributed by atoms with Gasteiger partial charge in [0.05, 0.1) is 4.47 Å². The normalized spacial score (nSPS) is 10.9. The van der Waals surface area contributed by atoms with Crippen molar-refractivity contribution >= 4 is 46.4 Å². The summed E-state index contributed by atoms with van der Waals surface area (Å²) in [5.74, 6) is 0. The number of aryl methyl sites for hydroxylation is 1. The summed E-state index contributed by atoms with van der Waals surface area (Å²) in [4.78, 5) is 15.6. The van der Waals surface area contributed by atoms with Crippen LogP contribution in [0.3, 0.4) is 0 Å². The molecule has 0 atom stereocenters. The molecule has 3 nitrogen and oxygen atoms in total. The quantitative estimate of drug-likeness (QED) is 0.548. The third-order valence-electron chi connectivity index (χ3n) is 2.25. The van der Waals surface area contributed by atoms with Crippen molar-refractivity contribution in [3.05, 3.63) is 37.8 Å². The van der Waals surface area contributed by atoms with E-state index in [0.717, 1.165) is 15.4 Å². The number of halogens is 2. The second-order valence-corrected chi connectivity index (χ2v) is 4.32. The van der Waals surface area contributed by atoms with Gasteiger partial charge < -0.3 is 4.48 Å². The smallest absolute Gasteiger partial charge is 0.252 e. The fraction of sp³-hybridized carbons (Fsp3) is 0.111. The van der Waals surface area contributed by atoms with Crippen molar-refractivity contribution in [3.63, 3.8) is 0 Å². The van der Waals surface area contributed by atoms with Crippen molar-refractivity contribution < 1.29 is 0 Å². The summed E-state index contributed by atoms with van der Waals surface area (Å²) in [6.45, 7) is 1.82. The first-order valence-electron chi connectivity index (χ1n) is 4.14. The van der Waals surface area contributed by atoms with Crippen molar-refractivity contribution in [2.75, 3.05) is 0 Å². The summed E-state index contributed by atoms with van der Waals surface area (Å²) in [7, 11) is 5.64. The molecule has 0 saturated carbocycles. The van der Waals surface area contributed by atoms with Crippen molar-refractivity contribution in [2.24, 2.45) is 0 Å². The van der Waals surface area contributed by atoms with Crippen molar-refractivity contribution in [3.8, 4) is 0 Å². The van der Waals surface area contributed by atoms with Crippen LogP contribution in [0.4, 0.5) is 0 Å². The molecule has 0 saturated heterocycles. The number of hydrogen-bond acceptors (Lipinski definition) is 2. The minimum absolute atomic E-state index is 0.290. The third-order valence-corrected chi connectivity index (χ3v) is 3.39. The maximum atomic E-state index is 11.6. The Morgan fingerprint density at radius 3 is 2.93 bits per heavy atom. The zero-order valence-corrected chi connectivity index (χ0v) is 10.1. The van der Waals surface area contributed by atoms with Gasteiger partial charge in [-0.05, 0) is 34.5 Å². The molecule has 0 unspecified atom stereocenters. The van der Waals surface area contributed by atoms with E-state index < -0.39 is 0 Å². The molecule has 2 radical (unpaired) electrons. The van der Waals surface area contributed by atoms with E-state index in [1.807, 2.05) is 6.92 Å². The van der Waals surface area contributed by atoms with E-state index >= 15 is 0 Å². The van der Waals surface area contributed by atoms with Crippen LogP contribution in [0.15, 0.2) is 21.5 Å². The fourth-order valence-electron chi connectivity index (χ4n) is 1.40. The second kappa shape index (κ2) is 3.65. The van der Waals surface area contributed by atoms with Crippen LogP contribution in [-0.4, -0.2) is 17.4 Å². The monoisotopic (exact) mass is 282 g/mol. The van der Waals surface area contributed by atoms with Crippen molar-refractivity contribution in [1.29, 1.82) is 0 Å². The van der Waals surface area contributed by atoms with E-state index in [1.165, 1.54) is 0 Å². The minimum atomic E-state index is -0.290. The van der Waals surface area contributed by atoms with Gasteiger partial charge >= 0.3 is 0 Å². The van der Waals surface area contributed by atoms with Crippen LogP contribution >= 0.6 is 27.5 Å². The fourth-order valence-corrected chi connectivity index (χ4v) is 1.96. The third kappa shape index (κ3) is 1.60. The lowest BCUT2D eigenvalue weighted by molar-refractivity contribution is 1.14. The molecule has 0 amide bonds. The molecule has 0 bridgehead atoms. The van der Waals surface area contributed by atoms with Gasteiger partial charge in [-0.15, -0.1) is 0 Å². The largest absolute Gasteiger partial charge is 0.364 e. The number of rotatable bonds is 0. The van der Waals surface area contributed by atoms with Crippen LogP contribution < -0.4 is 5.56 Å². The molecular formula is C9H5BBrClN2O. The zero-order chi connectivity index (χ0) is 11.2. The first-order chi connectivity index (χ1) is 7.02. The van der Waals surface area contributed by atoms with Gasteiger partial charge in [-0.1, -0.05) is 11.6 Å². The molecule has 0 N–H and O–H groups in total. The number of hydrogen-bond donors (Lipinski definition) is 0. The van der Waals surface area contributed by atoms with Gasteiger partial charge in [0.15, 0.2) is 0 Å². The Morgan fingerprint density at radius 1 is 1.60 bits per heavy atom. The van der Waals surface area contributed by atoms with E-state index in [1.54, 1.807) is 12.3 Å².